The Bertz CT molecular complexity index is 521. The van der Waals surface area contributed by atoms with Gasteiger partial charge in [0.15, 0.2) is 5.88 Å². The van der Waals surface area contributed by atoms with E-state index in [4.69, 9.17) is 5.11 Å². The van der Waals surface area contributed by atoms with E-state index in [0.717, 1.165) is 12.1 Å². The highest BCUT2D eigenvalue weighted by atomic mass is 19.1. The maximum atomic E-state index is 13.0. The molecule has 6 heteroatoms. The lowest BCUT2D eigenvalue weighted by molar-refractivity contribution is -0.387. The van der Waals surface area contributed by atoms with Crippen LogP contribution < -0.4 is 0 Å². The predicted octanol–water partition coefficient (Wildman–Crippen LogP) is 1.92. The van der Waals surface area contributed by atoms with Crippen LogP contribution >= 0.6 is 0 Å². The second kappa shape index (κ2) is 2.69. The summed E-state index contributed by atoms with van der Waals surface area (Å²) >= 11 is 0. The fraction of sp³-hybridized carbons (Fsp3) is 0. The lowest BCUT2D eigenvalue weighted by Gasteiger charge is -1.93. The number of benzene rings is 1. The molecule has 1 aromatic carbocycles. The third kappa shape index (κ3) is 1.17. The molecule has 0 fully saturated rings. The number of aromatic amines is 1. The van der Waals surface area contributed by atoms with Gasteiger partial charge in [-0.3, -0.25) is 10.1 Å². The Kier molecular flexibility index (Phi) is 1.63. The molecule has 0 atom stereocenters. The van der Waals surface area contributed by atoms with Gasteiger partial charge in [0.2, 0.25) is 5.82 Å². The first-order valence-electron chi connectivity index (χ1n) is 3.73. The number of halogens is 1. The van der Waals surface area contributed by atoms with E-state index in [1.54, 1.807) is 0 Å². The van der Waals surface area contributed by atoms with Crippen LogP contribution in [0.15, 0.2) is 18.2 Å². The van der Waals surface area contributed by atoms with E-state index in [1.165, 1.54) is 6.07 Å². The average molecular weight is 196 g/mol. The monoisotopic (exact) mass is 196 g/mol. The molecular weight excluding hydrogens is 191 g/mol. The summed E-state index contributed by atoms with van der Waals surface area (Å²) in [5.41, 5.74) is -0.276. The fourth-order valence-electron chi connectivity index (χ4n) is 1.27. The van der Waals surface area contributed by atoms with Gasteiger partial charge in [-0.25, -0.2) is 0 Å². The van der Waals surface area contributed by atoms with E-state index in [9.17, 15) is 14.5 Å². The molecule has 0 bridgehead atoms. The summed E-state index contributed by atoms with van der Waals surface area (Å²) in [5.74, 6) is -1.08. The second-order valence-corrected chi connectivity index (χ2v) is 2.80. The van der Waals surface area contributed by atoms with Gasteiger partial charge in [-0.2, -0.15) is 4.39 Å². The van der Waals surface area contributed by atoms with Crippen molar-refractivity contribution in [1.82, 2.24) is 4.98 Å². The highest BCUT2D eigenvalue weighted by molar-refractivity contribution is 5.83. The van der Waals surface area contributed by atoms with Crippen LogP contribution in [-0.4, -0.2) is 15.0 Å². The summed E-state index contributed by atoms with van der Waals surface area (Å²) in [6.07, 6.45) is 0. The number of nitrogens with zero attached hydrogens (tertiary/aromatic N) is 1. The van der Waals surface area contributed by atoms with Gasteiger partial charge < -0.3 is 10.1 Å². The zero-order valence-electron chi connectivity index (χ0n) is 6.82. The van der Waals surface area contributed by atoms with Gasteiger partial charge in [-0.15, -0.1) is 0 Å². The van der Waals surface area contributed by atoms with E-state index >= 15 is 0 Å². The fourth-order valence-corrected chi connectivity index (χ4v) is 1.27. The van der Waals surface area contributed by atoms with Crippen molar-refractivity contribution in [2.24, 2.45) is 0 Å². The molecule has 0 unspecified atom stereocenters. The lowest BCUT2D eigenvalue weighted by Crippen LogP contribution is -1.91. The first kappa shape index (κ1) is 8.49. The first-order valence-corrected chi connectivity index (χ1v) is 3.73. The Morgan fingerprint density at radius 1 is 1.43 bits per heavy atom. The smallest absolute Gasteiger partial charge is 0.305 e. The normalized spacial score (nSPS) is 10.6. The van der Waals surface area contributed by atoms with Crippen molar-refractivity contribution in [3.8, 4) is 5.88 Å². The molecule has 0 aliphatic heterocycles. The third-order valence-electron chi connectivity index (χ3n) is 1.87. The molecule has 72 valence electrons. The molecule has 0 saturated carbocycles. The van der Waals surface area contributed by atoms with Crippen LogP contribution in [0.2, 0.25) is 0 Å². The number of nitrogens with one attached hydrogen (secondary N) is 1. The summed E-state index contributed by atoms with van der Waals surface area (Å²) in [6.45, 7) is 0. The molecule has 2 N–H and O–H groups in total. The number of hydrogen-bond donors (Lipinski definition) is 2. The molecule has 14 heavy (non-hydrogen) atoms. The summed E-state index contributed by atoms with van der Waals surface area (Å²) in [6, 6.07) is 3.34. The molecular formula is C8H5FN2O3. The Morgan fingerprint density at radius 2 is 2.14 bits per heavy atom. The highest BCUT2D eigenvalue weighted by Crippen LogP contribution is 2.26. The van der Waals surface area contributed by atoms with E-state index in [0.29, 0.717) is 10.9 Å². The molecule has 2 rings (SSSR count). The van der Waals surface area contributed by atoms with E-state index < -0.39 is 16.4 Å². The van der Waals surface area contributed by atoms with Crippen molar-refractivity contribution in [1.29, 1.82) is 0 Å². The molecule has 1 aromatic heterocycles. The van der Waals surface area contributed by atoms with Crippen LogP contribution in [0, 0.1) is 15.9 Å². The molecule has 0 amide bonds. The Hall–Kier alpha value is -2.11. The molecule has 1 heterocycles. The van der Waals surface area contributed by atoms with Crippen LogP contribution in [0.3, 0.4) is 0 Å². The minimum Gasteiger partial charge on any atom is -0.495 e. The number of rotatable bonds is 1. The summed E-state index contributed by atoms with van der Waals surface area (Å²) in [5, 5.41) is 19.8. The third-order valence-corrected chi connectivity index (χ3v) is 1.87. The van der Waals surface area contributed by atoms with Crippen molar-refractivity contribution in [3.63, 3.8) is 0 Å². The Morgan fingerprint density at radius 3 is 2.79 bits per heavy atom. The molecule has 2 aromatic rings. The molecule has 0 radical (unpaired) electrons. The molecule has 0 aliphatic carbocycles. The minimum atomic E-state index is -0.927. The molecule has 0 spiro atoms. The van der Waals surface area contributed by atoms with Gasteiger partial charge in [0.25, 0.3) is 0 Å². The summed E-state index contributed by atoms with van der Waals surface area (Å²) in [7, 11) is 0. The number of aromatic hydroxyl groups is 1. The molecule has 0 aliphatic rings. The number of hydrogen-bond acceptors (Lipinski definition) is 3. The maximum Gasteiger partial charge on any atom is 0.305 e. The number of nitro benzene ring substituents is 1. The second-order valence-electron chi connectivity index (χ2n) is 2.80. The van der Waals surface area contributed by atoms with Gasteiger partial charge in [0, 0.05) is 23.6 Å². The largest absolute Gasteiger partial charge is 0.495 e. The van der Waals surface area contributed by atoms with Crippen LogP contribution in [-0.2, 0) is 0 Å². The maximum absolute atomic E-state index is 13.0. The zero-order chi connectivity index (χ0) is 10.3. The van der Waals surface area contributed by atoms with Crippen LogP contribution in [0.5, 0.6) is 5.88 Å². The van der Waals surface area contributed by atoms with E-state index in [1.807, 2.05) is 0 Å². The Balaban J connectivity index is 2.76. The van der Waals surface area contributed by atoms with Crippen molar-refractivity contribution in [3.05, 3.63) is 34.1 Å². The van der Waals surface area contributed by atoms with Crippen LogP contribution in [0.25, 0.3) is 10.9 Å². The van der Waals surface area contributed by atoms with Gasteiger partial charge >= 0.3 is 5.69 Å². The van der Waals surface area contributed by atoms with Crippen molar-refractivity contribution >= 4 is 16.6 Å². The molecule has 0 saturated heterocycles. The topological polar surface area (TPSA) is 79.2 Å². The SMILES string of the molecule is O=[N+]([O-])c1cc2cc(O)[nH]c2cc1F. The zero-order valence-corrected chi connectivity index (χ0v) is 6.82. The summed E-state index contributed by atoms with van der Waals surface area (Å²) < 4.78 is 13.0. The number of aromatic nitrogens is 1. The number of nitro groups is 1. The Labute approximate surface area is 76.9 Å². The predicted molar refractivity (Wildman–Crippen MR) is 46.6 cm³/mol. The van der Waals surface area contributed by atoms with Gasteiger partial charge in [0.1, 0.15) is 0 Å². The van der Waals surface area contributed by atoms with Crippen molar-refractivity contribution in [2.45, 2.75) is 0 Å². The van der Waals surface area contributed by atoms with Crippen molar-refractivity contribution < 1.29 is 14.4 Å². The van der Waals surface area contributed by atoms with Crippen LogP contribution in [0.4, 0.5) is 10.1 Å². The molecule has 5 nitrogen and oxygen atoms in total. The highest BCUT2D eigenvalue weighted by Gasteiger charge is 2.15. The van der Waals surface area contributed by atoms with E-state index in [-0.39, 0.29) is 5.88 Å². The van der Waals surface area contributed by atoms with Crippen LogP contribution in [0.1, 0.15) is 0 Å². The van der Waals surface area contributed by atoms with Gasteiger partial charge in [0.05, 0.1) is 10.4 Å². The van der Waals surface area contributed by atoms with Gasteiger partial charge in [-0.05, 0) is 0 Å². The number of fused-ring (bicyclic) bond motifs is 1. The quantitative estimate of drug-likeness (QED) is 0.540. The van der Waals surface area contributed by atoms with Crippen molar-refractivity contribution in [2.75, 3.05) is 0 Å². The van der Waals surface area contributed by atoms with Gasteiger partial charge in [-0.1, -0.05) is 0 Å². The average Bonchev–Trinajstić information content (AvgIpc) is 2.42. The summed E-state index contributed by atoms with van der Waals surface area (Å²) in [4.78, 5) is 12.0. The standard InChI is InChI=1S/C8H5FN2O3/c9-5-3-6-4(2-8(12)10-6)1-7(5)11(13)14/h1-3,10,12H. The first-order chi connectivity index (χ1) is 6.58. The van der Waals surface area contributed by atoms with E-state index in [2.05, 4.69) is 4.98 Å². The number of H-pyrrole nitrogens is 1. The lowest BCUT2D eigenvalue weighted by atomic mass is 10.2. The minimum absolute atomic E-state index is 0.153.